The van der Waals surface area contributed by atoms with Crippen molar-refractivity contribution in [2.24, 2.45) is 0 Å². The Labute approximate surface area is 181 Å². The van der Waals surface area contributed by atoms with E-state index in [-0.39, 0.29) is 27.5 Å². The van der Waals surface area contributed by atoms with Crippen LogP contribution in [0.3, 0.4) is 0 Å². The first-order chi connectivity index (χ1) is 14.2. The molecule has 2 N–H and O–H groups in total. The summed E-state index contributed by atoms with van der Waals surface area (Å²) >= 11 is 7.95. The van der Waals surface area contributed by atoms with Gasteiger partial charge in [-0.25, -0.2) is 0 Å². The minimum atomic E-state index is -4.55. The summed E-state index contributed by atoms with van der Waals surface area (Å²) < 4.78 is 38.8. The van der Waals surface area contributed by atoms with E-state index < -0.39 is 17.6 Å². The highest BCUT2D eigenvalue weighted by Gasteiger charge is 2.31. The molecule has 2 amide bonds. The van der Waals surface area contributed by atoms with Gasteiger partial charge in [-0.05, 0) is 30.3 Å². The lowest BCUT2D eigenvalue weighted by atomic mass is 10.2. The van der Waals surface area contributed by atoms with E-state index in [0.717, 1.165) is 41.3 Å². The lowest BCUT2D eigenvalue weighted by Crippen LogP contribution is -2.15. The van der Waals surface area contributed by atoms with Crippen molar-refractivity contribution in [2.45, 2.75) is 10.5 Å². The Morgan fingerprint density at radius 2 is 1.80 bits per heavy atom. The van der Waals surface area contributed by atoms with E-state index in [1.807, 2.05) is 0 Å². The van der Waals surface area contributed by atoms with E-state index >= 15 is 0 Å². The molecule has 1 aromatic heterocycles. The fourth-order valence-electron chi connectivity index (χ4n) is 2.19. The standard InChI is InChI=1S/C18H12ClF3N4O2S2/c19-12-7-6-11(18(20,21)22)8-13(12)23-14(27)9-29-17-26-25-16(30-17)24-15(28)10-4-2-1-3-5-10/h1-8H,9H2,(H,23,27)(H,24,25,28). The SMILES string of the molecule is O=C(CSc1nnc(NC(=O)c2ccccc2)s1)Nc1cc(C(F)(F)F)ccc1Cl. The van der Waals surface area contributed by atoms with Gasteiger partial charge in [-0.3, -0.25) is 14.9 Å². The summed E-state index contributed by atoms with van der Waals surface area (Å²) in [4.78, 5) is 24.2. The molecule has 0 fully saturated rings. The Morgan fingerprint density at radius 3 is 2.50 bits per heavy atom. The summed E-state index contributed by atoms with van der Waals surface area (Å²) in [6.07, 6.45) is -4.55. The Bertz CT molecular complexity index is 1060. The van der Waals surface area contributed by atoms with Crippen molar-refractivity contribution < 1.29 is 22.8 Å². The zero-order valence-electron chi connectivity index (χ0n) is 14.9. The molecule has 1 heterocycles. The third-order valence-corrected chi connectivity index (χ3v) is 5.86. The maximum atomic E-state index is 12.8. The normalized spacial score (nSPS) is 11.2. The molecule has 2 aromatic carbocycles. The number of nitrogens with zero attached hydrogens (tertiary/aromatic N) is 2. The number of carbonyl (C=O) groups is 2. The van der Waals surface area contributed by atoms with Crippen LogP contribution in [0.1, 0.15) is 15.9 Å². The Morgan fingerprint density at radius 1 is 1.07 bits per heavy atom. The van der Waals surface area contributed by atoms with Crippen LogP contribution in [0, 0.1) is 0 Å². The van der Waals surface area contributed by atoms with Crippen LogP contribution in [0.2, 0.25) is 5.02 Å². The van der Waals surface area contributed by atoms with Crippen molar-refractivity contribution >= 4 is 57.3 Å². The van der Waals surface area contributed by atoms with Gasteiger partial charge in [-0.15, -0.1) is 10.2 Å². The van der Waals surface area contributed by atoms with E-state index in [4.69, 9.17) is 11.6 Å². The lowest BCUT2D eigenvalue weighted by Gasteiger charge is -2.11. The van der Waals surface area contributed by atoms with E-state index in [9.17, 15) is 22.8 Å². The predicted octanol–water partition coefficient (Wildman–Crippen LogP) is 5.19. The summed E-state index contributed by atoms with van der Waals surface area (Å²) in [6.45, 7) is 0. The molecule has 3 aromatic rings. The zero-order chi connectivity index (χ0) is 21.7. The number of carbonyl (C=O) groups excluding carboxylic acids is 2. The number of alkyl halides is 3. The number of amides is 2. The number of aromatic nitrogens is 2. The highest BCUT2D eigenvalue weighted by molar-refractivity contribution is 8.01. The van der Waals surface area contributed by atoms with Crippen LogP contribution in [-0.4, -0.2) is 27.8 Å². The molecule has 0 atom stereocenters. The van der Waals surface area contributed by atoms with Gasteiger partial charge in [0.1, 0.15) is 0 Å². The smallest absolute Gasteiger partial charge is 0.324 e. The third-order valence-electron chi connectivity index (χ3n) is 3.56. The second kappa shape index (κ2) is 9.45. The minimum Gasteiger partial charge on any atom is -0.324 e. The van der Waals surface area contributed by atoms with E-state index in [1.54, 1.807) is 30.3 Å². The molecule has 12 heteroatoms. The molecule has 3 rings (SSSR count). The average molecular weight is 473 g/mol. The first-order valence-electron chi connectivity index (χ1n) is 8.21. The monoisotopic (exact) mass is 472 g/mol. The molecule has 0 aliphatic heterocycles. The van der Waals surface area contributed by atoms with Gasteiger partial charge < -0.3 is 5.32 Å². The second-order valence-corrected chi connectivity index (χ2v) is 8.33. The number of rotatable bonds is 6. The van der Waals surface area contributed by atoms with Crippen molar-refractivity contribution in [2.75, 3.05) is 16.4 Å². The molecular formula is C18H12ClF3N4O2S2. The minimum absolute atomic E-state index is 0.0109. The maximum Gasteiger partial charge on any atom is 0.416 e. The van der Waals surface area contributed by atoms with Gasteiger partial charge in [-0.2, -0.15) is 13.2 Å². The zero-order valence-corrected chi connectivity index (χ0v) is 17.3. The van der Waals surface area contributed by atoms with Crippen molar-refractivity contribution in [3.8, 4) is 0 Å². The molecule has 0 spiro atoms. The Hall–Kier alpha value is -2.63. The van der Waals surface area contributed by atoms with Gasteiger partial charge in [0.15, 0.2) is 4.34 Å². The van der Waals surface area contributed by atoms with Gasteiger partial charge >= 0.3 is 6.18 Å². The molecule has 0 unspecified atom stereocenters. The van der Waals surface area contributed by atoms with Crippen molar-refractivity contribution in [3.63, 3.8) is 0 Å². The lowest BCUT2D eigenvalue weighted by molar-refractivity contribution is -0.137. The van der Waals surface area contributed by atoms with Crippen LogP contribution in [0.25, 0.3) is 0 Å². The van der Waals surface area contributed by atoms with Gasteiger partial charge in [0.25, 0.3) is 5.91 Å². The Balaban J connectivity index is 1.55. The molecule has 0 radical (unpaired) electrons. The van der Waals surface area contributed by atoms with E-state index in [1.165, 1.54) is 0 Å². The van der Waals surface area contributed by atoms with Crippen molar-refractivity contribution in [1.82, 2.24) is 10.2 Å². The first kappa shape index (κ1) is 22.1. The average Bonchev–Trinajstić information content (AvgIpc) is 3.15. The number of hydrogen-bond acceptors (Lipinski definition) is 6. The van der Waals surface area contributed by atoms with Crippen molar-refractivity contribution in [1.29, 1.82) is 0 Å². The molecule has 0 aliphatic rings. The molecule has 0 saturated carbocycles. The van der Waals surface area contributed by atoms with Gasteiger partial charge in [-0.1, -0.05) is 52.9 Å². The predicted molar refractivity (Wildman–Crippen MR) is 110 cm³/mol. The number of benzene rings is 2. The first-order valence-corrected chi connectivity index (χ1v) is 10.4. The van der Waals surface area contributed by atoms with E-state index in [0.29, 0.717) is 9.90 Å². The molecule has 6 nitrogen and oxygen atoms in total. The number of thioether (sulfide) groups is 1. The molecule has 0 aliphatic carbocycles. The number of nitrogens with one attached hydrogen (secondary N) is 2. The van der Waals surface area contributed by atoms with Crippen LogP contribution in [0.15, 0.2) is 52.9 Å². The molecule has 0 saturated heterocycles. The fraction of sp³-hybridized carbons (Fsp3) is 0.111. The van der Waals surface area contributed by atoms with Crippen molar-refractivity contribution in [3.05, 3.63) is 64.7 Å². The summed E-state index contributed by atoms with van der Waals surface area (Å²) in [6, 6.07) is 11.2. The molecule has 0 bridgehead atoms. The largest absolute Gasteiger partial charge is 0.416 e. The third kappa shape index (κ3) is 5.94. The van der Waals surface area contributed by atoms with Crippen LogP contribution >= 0.6 is 34.7 Å². The second-order valence-electron chi connectivity index (χ2n) is 5.72. The number of halogens is 4. The Kier molecular flexibility index (Phi) is 6.95. The highest BCUT2D eigenvalue weighted by atomic mass is 35.5. The maximum absolute atomic E-state index is 12.8. The topological polar surface area (TPSA) is 84.0 Å². The summed E-state index contributed by atoms with van der Waals surface area (Å²) in [5.74, 6) is -1.04. The van der Waals surface area contributed by atoms with Gasteiger partial charge in [0.2, 0.25) is 11.0 Å². The summed E-state index contributed by atoms with van der Waals surface area (Å²) in [7, 11) is 0. The van der Waals surface area contributed by atoms with Crippen LogP contribution < -0.4 is 10.6 Å². The summed E-state index contributed by atoms with van der Waals surface area (Å²) in [5, 5.41) is 12.9. The van der Waals surface area contributed by atoms with Gasteiger partial charge in [0, 0.05) is 5.56 Å². The fourth-order valence-corrected chi connectivity index (χ4v) is 3.90. The van der Waals surface area contributed by atoms with Crippen LogP contribution in [-0.2, 0) is 11.0 Å². The quantitative estimate of drug-likeness (QED) is 0.381. The van der Waals surface area contributed by atoms with Crippen LogP contribution in [0.4, 0.5) is 24.0 Å². The molecular weight excluding hydrogens is 461 g/mol. The van der Waals surface area contributed by atoms with E-state index in [2.05, 4.69) is 20.8 Å². The highest BCUT2D eigenvalue weighted by Crippen LogP contribution is 2.34. The molecule has 156 valence electrons. The van der Waals surface area contributed by atoms with Gasteiger partial charge in [0.05, 0.1) is 22.0 Å². The summed E-state index contributed by atoms with van der Waals surface area (Å²) in [5.41, 5.74) is -0.595. The molecule has 30 heavy (non-hydrogen) atoms. The number of hydrogen-bond donors (Lipinski definition) is 2. The van der Waals surface area contributed by atoms with Crippen LogP contribution in [0.5, 0.6) is 0 Å². The number of anilines is 2.